The van der Waals surface area contributed by atoms with Gasteiger partial charge in [0.05, 0.1) is 29.8 Å². The highest BCUT2D eigenvalue weighted by Crippen LogP contribution is 2.37. The van der Waals surface area contributed by atoms with Crippen LogP contribution in [0.3, 0.4) is 0 Å². The SMILES string of the molecule is O=C(O)c1ccc(N(Cc2cc(C(F)(F)F)cc(C(F)(F)F)c2)C(=O)CNCc2ccc(Cl)cc2)cc1. The normalized spacial score (nSPS) is 11.9. The summed E-state index contributed by atoms with van der Waals surface area (Å²) in [5, 5.41) is 12.5. The summed E-state index contributed by atoms with van der Waals surface area (Å²) in [7, 11) is 0. The van der Waals surface area contributed by atoms with Gasteiger partial charge in [0, 0.05) is 17.3 Å². The second-order valence-corrected chi connectivity index (χ2v) is 8.41. The van der Waals surface area contributed by atoms with Crippen LogP contribution < -0.4 is 10.2 Å². The predicted octanol–water partition coefficient (Wildman–Crippen LogP) is 6.40. The van der Waals surface area contributed by atoms with E-state index in [-0.39, 0.29) is 30.4 Å². The van der Waals surface area contributed by atoms with E-state index in [1.165, 1.54) is 24.3 Å². The second kappa shape index (κ2) is 11.2. The molecule has 3 aromatic rings. The maximum Gasteiger partial charge on any atom is 0.416 e. The number of hydrogen-bond donors (Lipinski definition) is 2. The summed E-state index contributed by atoms with van der Waals surface area (Å²) >= 11 is 5.83. The summed E-state index contributed by atoms with van der Waals surface area (Å²) < 4.78 is 79.8. The van der Waals surface area contributed by atoms with E-state index in [1.54, 1.807) is 24.3 Å². The fraction of sp³-hybridized carbons (Fsp3) is 0.200. The molecule has 0 aliphatic rings. The lowest BCUT2D eigenvalue weighted by atomic mass is 10.0. The summed E-state index contributed by atoms with van der Waals surface area (Å²) in [6.07, 6.45) is -10.1. The molecule has 37 heavy (non-hydrogen) atoms. The molecule has 12 heteroatoms. The number of rotatable bonds is 8. The van der Waals surface area contributed by atoms with E-state index < -0.39 is 47.5 Å². The van der Waals surface area contributed by atoms with Crippen LogP contribution in [0.1, 0.15) is 32.6 Å². The third-order valence-corrected chi connectivity index (χ3v) is 5.49. The number of anilines is 1. The molecule has 0 aromatic heterocycles. The molecule has 0 radical (unpaired) electrons. The lowest BCUT2D eigenvalue weighted by molar-refractivity contribution is -0.143. The summed E-state index contributed by atoms with van der Waals surface area (Å²) in [4.78, 5) is 25.2. The van der Waals surface area contributed by atoms with Crippen molar-refractivity contribution in [2.75, 3.05) is 11.4 Å². The summed E-state index contributed by atoms with van der Waals surface area (Å²) in [5.74, 6) is -1.91. The molecule has 5 nitrogen and oxygen atoms in total. The van der Waals surface area contributed by atoms with Gasteiger partial charge in [-0.2, -0.15) is 26.3 Å². The largest absolute Gasteiger partial charge is 0.478 e. The van der Waals surface area contributed by atoms with Crippen LogP contribution >= 0.6 is 11.6 Å². The molecule has 3 aromatic carbocycles. The number of nitrogens with zero attached hydrogens (tertiary/aromatic N) is 1. The standard InChI is InChI=1S/C25H19ClF6N2O3/c26-20-5-1-15(2-6-20)12-33-13-22(35)34(21-7-3-17(4-8-21)23(36)37)14-16-9-18(24(27,28)29)11-19(10-16)25(30,31)32/h1-11,33H,12-14H2,(H,36,37). The van der Waals surface area contributed by atoms with Gasteiger partial charge in [-0.25, -0.2) is 4.79 Å². The van der Waals surface area contributed by atoms with E-state index >= 15 is 0 Å². The van der Waals surface area contributed by atoms with Crippen LogP contribution in [0, 0.1) is 0 Å². The summed E-state index contributed by atoms with van der Waals surface area (Å²) in [6, 6.07) is 12.6. The Kier molecular flexibility index (Phi) is 8.49. The number of carbonyl (C=O) groups excluding carboxylic acids is 1. The number of benzene rings is 3. The van der Waals surface area contributed by atoms with E-state index in [9.17, 15) is 35.9 Å². The van der Waals surface area contributed by atoms with E-state index in [0.717, 1.165) is 10.5 Å². The van der Waals surface area contributed by atoms with Crippen LogP contribution in [0.4, 0.5) is 32.0 Å². The number of halogens is 7. The maximum atomic E-state index is 13.3. The van der Waals surface area contributed by atoms with Crippen molar-refractivity contribution in [2.24, 2.45) is 0 Å². The zero-order valence-corrected chi connectivity index (χ0v) is 19.6. The minimum Gasteiger partial charge on any atom is -0.478 e. The fourth-order valence-electron chi connectivity index (χ4n) is 3.41. The summed E-state index contributed by atoms with van der Waals surface area (Å²) in [6.45, 7) is -0.703. The molecule has 2 N–H and O–H groups in total. The Morgan fingerprint density at radius 1 is 0.811 bits per heavy atom. The highest BCUT2D eigenvalue weighted by atomic mass is 35.5. The number of carboxylic acid groups (broad SMARTS) is 1. The Balaban J connectivity index is 1.91. The lowest BCUT2D eigenvalue weighted by Crippen LogP contribution is -2.38. The van der Waals surface area contributed by atoms with E-state index in [4.69, 9.17) is 16.7 Å². The fourth-order valence-corrected chi connectivity index (χ4v) is 3.54. The zero-order chi connectivity index (χ0) is 27.4. The predicted molar refractivity (Wildman–Crippen MR) is 124 cm³/mol. The first kappa shape index (κ1) is 28.0. The van der Waals surface area contributed by atoms with Crippen LogP contribution in [-0.2, 0) is 30.2 Å². The van der Waals surface area contributed by atoms with Gasteiger partial charge < -0.3 is 15.3 Å². The second-order valence-electron chi connectivity index (χ2n) is 7.98. The lowest BCUT2D eigenvalue weighted by Gasteiger charge is -2.24. The molecule has 0 spiro atoms. The smallest absolute Gasteiger partial charge is 0.416 e. The number of carboxylic acids is 1. The molecule has 0 saturated heterocycles. The first-order valence-corrected chi connectivity index (χ1v) is 11.0. The van der Waals surface area contributed by atoms with Crippen molar-refractivity contribution in [1.82, 2.24) is 5.32 Å². The Labute approximate surface area is 212 Å². The monoisotopic (exact) mass is 544 g/mol. The Bertz CT molecular complexity index is 1230. The molecule has 0 bridgehead atoms. The van der Waals surface area contributed by atoms with Gasteiger partial charge in [-0.1, -0.05) is 23.7 Å². The topological polar surface area (TPSA) is 69.6 Å². The molecule has 0 aliphatic heterocycles. The van der Waals surface area contributed by atoms with Crippen molar-refractivity contribution >= 4 is 29.2 Å². The first-order valence-electron chi connectivity index (χ1n) is 10.6. The molecule has 0 heterocycles. The zero-order valence-electron chi connectivity index (χ0n) is 18.8. The van der Waals surface area contributed by atoms with Crippen molar-refractivity contribution in [3.8, 4) is 0 Å². The minimum absolute atomic E-state index is 0.00495. The Morgan fingerprint density at radius 2 is 1.35 bits per heavy atom. The maximum absolute atomic E-state index is 13.3. The molecule has 3 rings (SSSR count). The number of nitrogens with one attached hydrogen (secondary N) is 1. The van der Waals surface area contributed by atoms with Crippen LogP contribution in [0.15, 0.2) is 66.7 Å². The van der Waals surface area contributed by atoms with Crippen molar-refractivity contribution in [1.29, 1.82) is 0 Å². The van der Waals surface area contributed by atoms with Crippen molar-refractivity contribution in [3.63, 3.8) is 0 Å². The molecule has 0 atom stereocenters. The molecule has 0 aliphatic carbocycles. The van der Waals surface area contributed by atoms with Gasteiger partial charge in [-0.3, -0.25) is 4.79 Å². The number of carbonyl (C=O) groups is 2. The number of alkyl halides is 6. The summed E-state index contributed by atoms with van der Waals surface area (Å²) in [5.41, 5.74) is -2.67. The Hall–Kier alpha value is -3.57. The minimum atomic E-state index is -5.05. The highest BCUT2D eigenvalue weighted by Gasteiger charge is 2.37. The average Bonchev–Trinajstić information content (AvgIpc) is 2.82. The van der Waals surface area contributed by atoms with Gasteiger partial charge >= 0.3 is 18.3 Å². The molecular weight excluding hydrogens is 526 g/mol. The third kappa shape index (κ3) is 7.70. The van der Waals surface area contributed by atoms with Crippen molar-refractivity contribution in [2.45, 2.75) is 25.4 Å². The van der Waals surface area contributed by atoms with E-state index in [1.807, 2.05) is 0 Å². The molecule has 0 fully saturated rings. The van der Waals surface area contributed by atoms with Crippen LogP contribution in [0.25, 0.3) is 0 Å². The number of aromatic carboxylic acids is 1. The average molecular weight is 545 g/mol. The van der Waals surface area contributed by atoms with Crippen LogP contribution in [0.2, 0.25) is 5.02 Å². The van der Waals surface area contributed by atoms with Crippen molar-refractivity contribution in [3.05, 3.63) is 99.6 Å². The quantitative estimate of drug-likeness (QED) is 0.322. The van der Waals surface area contributed by atoms with Gasteiger partial charge in [0.15, 0.2) is 0 Å². The van der Waals surface area contributed by atoms with Gasteiger partial charge in [0.2, 0.25) is 5.91 Å². The van der Waals surface area contributed by atoms with Crippen LogP contribution in [0.5, 0.6) is 0 Å². The first-order chi connectivity index (χ1) is 17.2. The highest BCUT2D eigenvalue weighted by molar-refractivity contribution is 6.30. The van der Waals surface area contributed by atoms with Crippen LogP contribution in [-0.4, -0.2) is 23.5 Å². The van der Waals surface area contributed by atoms with Crippen molar-refractivity contribution < 1.29 is 41.0 Å². The molecule has 196 valence electrons. The van der Waals surface area contributed by atoms with Gasteiger partial charge in [-0.15, -0.1) is 0 Å². The molecule has 1 amide bonds. The number of amides is 1. The number of hydrogen-bond acceptors (Lipinski definition) is 3. The van der Waals surface area contributed by atoms with Gasteiger partial charge in [0.1, 0.15) is 0 Å². The molecule has 0 unspecified atom stereocenters. The van der Waals surface area contributed by atoms with E-state index in [0.29, 0.717) is 17.2 Å². The van der Waals surface area contributed by atoms with Gasteiger partial charge in [0.25, 0.3) is 0 Å². The van der Waals surface area contributed by atoms with Gasteiger partial charge in [-0.05, 0) is 65.7 Å². The third-order valence-electron chi connectivity index (χ3n) is 5.23. The Morgan fingerprint density at radius 3 is 1.84 bits per heavy atom. The molecular formula is C25H19ClF6N2O3. The molecule has 0 saturated carbocycles. The van der Waals surface area contributed by atoms with E-state index in [2.05, 4.69) is 5.32 Å².